The topological polar surface area (TPSA) is 227 Å². The van der Waals surface area contributed by atoms with Gasteiger partial charge in [0.05, 0.1) is 43.6 Å². The predicted molar refractivity (Wildman–Crippen MR) is 358 cm³/mol. The van der Waals surface area contributed by atoms with Crippen molar-refractivity contribution in [2.24, 2.45) is 5.14 Å². The van der Waals surface area contributed by atoms with Crippen molar-refractivity contribution >= 4 is 151 Å². The molecule has 21 heteroatoms. The van der Waals surface area contributed by atoms with E-state index in [1.54, 1.807) is 6.07 Å². The van der Waals surface area contributed by atoms with Gasteiger partial charge in [0.25, 0.3) is 23.4 Å². The fourth-order valence-electron chi connectivity index (χ4n) is 8.15. The number of nitrogens with one attached hydrogen (secondary N) is 6. The van der Waals surface area contributed by atoms with Gasteiger partial charge in [-0.1, -0.05) is 77.7 Å². The Labute approximate surface area is 532 Å². The first-order chi connectivity index (χ1) is 39.5. The molecule has 0 unspecified atom stereocenters. The molecule has 0 aliphatic rings. The SMILES string of the molecule is CCCCCNC(=O)c1cc(Br)ccc1Nc1ccc(I)cc1C.Cc1cc(I)ccc1Nc1ccc([N+](=O)[O-])cc1C(=O)NCc1ccc(S(N)(=O)=O)cc1.Cc1cccc(CNC(=O)c2cc(F)ccc2Nc2ccc(I)cc2C)c1. The van der Waals surface area contributed by atoms with E-state index < -0.39 is 26.7 Å². The molecular formula is C62H61BrFI3N8O7S. The van der Waals surface area contributed by atoms with Crippen molar-refractivity contribution < 1.29 is 32.1 Å². The number of unbranched alkanes of at least 4 members (excludes halogenated alkanes) is 2. The minimum absolute atomic E-state index is 0.0364. The summed E-state index contributed by atoms with van der Waals surface area (Å²) < 4.78 is 40.8. The molecule has 3 amide bonds. The van der Waals surface area contributed by atoms with Crippen LogP contribution in [-0.2, 0) is 23.1 Å². The number of non-ortho nitro benzene ring substituents is 1. The van der Waals surface area contributed by atoms with Crippen LogP contribution in [-0.4, -0.2) is 37.6 Å². The average Bonchev–Trinajstić information content (AvgIpc) is 3.50. The Bertz CT molecular complexity index is 3760. The molecule has 8 aromatic carbocycles. The quantitative estimate of drug-likeness (QED) is 0.0175. The summed E-state index contributed by atoms with van der Waals surface area (Å²) >= 11 is 10.2. The van der Waals surface area contributed by atoms with Gasteiger partial charge in [-0.15, -0.1) is 0 Å². The molecule has 0 spiro atoms. The van der Waals surface area contributed by atoms with Crippen molar-refractivity contribution in [1.82, 2.24) is 16.0 Å². The van der Waals surface area contributed by atoms with Crippen LogP contribution in [0.3, 0.4) is 0 Å². The number of anilines is 6. The molecule has 0 aliphatic carbocycles. The van der Waals surface area contributed by atoms with Gasteiger partial charge in [0, 0.05) is 64.0 Å². The van der Waals surface area contributed by atoms with E-state index in [9.17, 15) is 37.3 Å². The second kappa shape index (κ2) is 31.4. The average molecular weight is 1540 g/mol. The Morgan fingerprint density at radius 3 is 1.49 bits per heavy atom. The Hall–Kier alpha value is -6.52. The number of halogens is 5. The molecule has 0 aromatic heterocycles. The van der Waals surface area contributed by atoms with E-state index >= 15 is 0 Å². The lowest BCUT2D eigenvalue weighted by atomic mass is 10.1. The first kappa shape index (κ1) is 65.6. The third kappa shape index (κ3) is 20.4. The first-order valence-corrected chi connectivity index (χ1v) is 31.5. The molecule has 0 saturated carbocycles. The van der Waals surface area contributed by atoms with E-state index in [1.165, 1.54) is 58.2 Å². The zero-order valence-corrected chi connectivity index (χ0v) is 54.8. The maximum Gasteiger partial charge on any atom is 0.270 e. The van der Waals surface area contributed by atoms with Gasteiger partial charge in [-0.3, -0.25) is 24.5 Å². The van der Waals surface area contributed by atoms with Crippen LogP contribution in [0, 0.1) is 54.3 Å². The molecule has 0 radical (unpaired) electrons. The summed E-state index contributed by atoms with van der Waals surface area (Å²) in [6, 6.07) is 45.6. The number of sulfonamides is 1. The number of hydrogen-bond acceptors (Lipinski definition) is 10. The molecule has 0 saturated heterocycles. The summed E-state index contributed by atoms with van der Waals surface area (Å²) in [5, 5.41) is 34.7. The maximum absolute atomic E-state index is 13.8. The number of hydrogen-bond donors (Lipinski definition) is 7. The number of rotatable bonds is 19. The Kier molecular flexibility index (Phi) is 24.8. The summed E-state index contributed by atoms with van der Waals surface area (Å²) in [6.45, 7) is 11.3. The molecule has 0 heterocycles. The van der Waals surface area contributed by atoms with Gasteiger partial charge in [0.15, 0.2) is 0 Å². The Morgan fingerprint density at radius 2 is 1.01 bits per heavy atom. The second-order valence-electron chi connectivity index (χ2n) is 19.1. The highest BCUT2D eigenvalue weighted by molar-refractivity contribution is 14.1. The normalized spacial score (nSPS) is 10.7. The molecule has 0 aliphatic heterocycles. The van der Waals surface area contributed by atoms with Crippen molar-refractivity contribution in [3.8, 4) is 0 Å². The fourth-order valence-corrected chi connectivity index (χ4v) is 11.0. The summed E-state index contributed by atoms with van der Waals surface area (Å²) in [4.78, 5) is 48.7. The molecule has 0 bridgehead atoms. The van der Waals surface area contributed by atoms with Crippen LogP contribution in [0.25, 0.3) is 0 Å². The van der Waals surface area contributed by atoms with Gasteiger partial charge in [-0.2, -0.15) is 0 Å². The molecule has 0 fully saturated rings. The number of benzene rings is 8. The van der Waals surface area contributed by atoms with Crippen molar-refractivity contribution in [2.45, 2.75) is 71.9 Å². The standard InChI is InChI=1S/C22H20FIN2O.C21H19IN4O5S.C19H22BrIN2O/c1-14-4-3-5-16(10-14)13-25-22(27)19-12-17(23)6-8-21(19)26-20-9-7-18(24)11-15(20)2;1-13-10-15(22)4-8-19(13)25-20-9-5-16(26(28)29)11-18(20)21(27)24-12-14-2-6-17(7-3-14)32(23,30)31;1-3-4-5-10-22-19(24)16-12-14(20)6-8-18(16)23-17-9-7-15(21)11-13(17)2/h3-12,26H,13H2,1-2H3,(H,25,27);2-11,25H,12H2,1H3,(H,24,27)(H2,23,30,31);6-9,11-12,23H,3-5,10H2,1-2H3,(H,22,24). The number of nitrogens with two attached hydrogens (primary N) is 1. The van der Waals surface area contributed by atoms with Gasteiger partial charge in [0.1, 0.15) is 5.82 Å². The summed E-state index contributed by atoms with van der Waals surface area (Å²) in [6.07, 6.45) is 3.28. The van der Waals surface area contributed by atoms with E-state index in [1.807, 2.05) is 106 Å². The largest absolute Gasteiger partial charge is 0.355 e. The Balaban J connectivity index is 0.000000202. The molecule has 8 aromatic rings. The van der Waals surface area contributed by atoms with E-state index in [0.29, 0.717) is 35.6 Å². The monoisotopic (exact) mass is 1540 g/mol. The van der Waals surface area contributed by atoms with Gasteiger partial charge < -0.3 is 31.9 Å². The van der Waals surface area contributed by atoms with Crippen LogP contribution in [0.2, 0.25) is 0 Å². The number of nitro benzene ring substituents is 1. The molecule has 8 rings (SSSR count). The lowest BCUT2D eigenvalue weighted by molar-refractivity contribution is -0.384. The van der Waals surface area contributed by atoms with Crippen LogP contribution in [0.15, 0.2) is 167 Å². The number of aryl methyl sites for hydroxylation is 4. The Morgan fingerprint density at radius 1 is 0.554 bits per heavy atom. The fraction of sp³-hybridized carbons (Fsp3) is 0.177. The van der Waals surface area contributed by atoms with E-state index in [2.05, 4.69) is 142 Å². The van der Waals surface area contributed by atoms with Crippen molar-refractivity contribution in [3.63, 3.8) is 0 Å². The highest BCUT2D eigenvalue weighted by atomic mass is 127. The number of nitrogens with zero attached hydrogens (tertiary/aromatic N) is 1. The van der Waals surface area contributed by atoms with Crippen LogP contribution in [0.5, 0.6) is 0 Å². The van der Waals surface area contributed by atoms with Gasteiger partial charge in [0.2, 0.25) is 10.0 Å². The van der Waals surface area contributed by atoms with Crippen molar-refractivity contribution in [1.29, 1.82) is 0 Å². The third-order valence-electron chi connectivity index (χ3n) is 12.6. The van der Waals surface area contributed by atoms with Crippen molar-refractivity contribution in [2.75, 3.05) is 22.5 Å². The molecular weight excluding hydrogens is 1480 g/mol. The summed E-state index contributed by atoms with van der Waals surface area (Å²) in [7, 11) is -3.81. The molecule has 8 N–H and O–H groups in total. The lowest BCUT2D eigenvalue weighted by Crippen LogP contribution is -2.25. The lowest BCUT2D eigenvalue weighted by Gasteiger charge is -2.15. The van der Waals surface area contributed by atoms with Crippen LogP contribution < -0.4 is 37.0 Å². The molecule has 15 nitrogen and oxygen atoms in total. The van der Waals surface area contributed by atoms with Gasteiger partial charge >= 0.3 is 0 Å². The van der Waals surface area contributed by atoms with Gasteiger partial charge in [-0.25, -0.2) is 17.9 Å². The summed E-state index contributed by atoms with van der Waals surface area (Å²) in [5.41, 5.74) is 11.2. The highest BCUT2D eigenvalue weighted by Gasteiger charge is 2.19. The zero-order chi connectivity index (χ0) is 60.4. The van der Waals surface area contributed by atoms with Crippen LogP contribution in [0.1, 0.15) is 90.6 Å². The molecule has 83 heavy (non-hydrogen) atoms. The zero-order valence-electron chi connectivity index (χ0n) is 45.9. The van der Waals surface area contributed by atoms with E-state index in [4.69, 9.17) is 5.14 Å². The van der Waals surface area contributed by atoms with E-state index in [-0.39, 0.29) is 40.1 Å². The van der Waals surface area contributed by atoms with Gasteiger partial charge in [-0.05, 0) is 239 Å². The number of carbonyl (C=O) groups is 3. The number of primary sulfonamides is 1. The number of carbonyl (C=O) groups excluding carboxylic acids is 3. The third-order valence-corrected chi connectivity index (χ3v) is 16.0. The highest BCUT2D eigenvalue weighted by Crippen LogP contribution is 2.31. The van der Waals surface area contributed by atoms with Crippen molar-refractivity contribution in [3.05, 3.63) is 239 Å². The van der Waals surface area contributed by atoms with Crippen LogP contribution >= 0.6 is 83.7 Å². The molecule has 432 valence electrons. The number of amides is 3. The van der Waals surface area contributed by atoms with E-state index in [0.717, 1.165) is 81.4 Å². The first-order valence-electron chi connectivity index (χ1n) is 26.0. The maximum atomic E-state index is 13.8. The second-order valence-corrected chi connectivity index (χ2v) is 25.3. The minimum Gasteiger partial charge on any atom is -0.355 e. The number of nitro groups is 1. The predicted octanol–water partition coefficient (Wildman–Crippen LogP) is 15.6. The summed E-state index contributed by atoms with van der Waals surface area (Å²) in [5.74, 6) is -1.32. The smallest absolute Gasteiger partial charge is 0.270 e. The van der Waals surface area contributed by atoms with Crippen LogP contribution in [0.4, 0.5) is 44.2 Å². The minimum atomic E-state index is -3.81. The molecule has 0 atom stereocenters.